The molecule has 0 radical (unpaired) electrons. The van der Waals surface area contributed by atoms with Gasteiger partial charge in [-0.05, 0) is 40.8 Å². The number of nitrogens with zero attached hydrogens (tertiary/aromatic N) is 1. The molecule has 2 rings (SSSR count). The van der Waals surface area contributed by atoms with Crippen LogP contribution in [0.5, 0.6) is 5.75 Å². The number of rotatable bonds is 2. The maximum absolute atomic E-state index is 5.27. The van der Waals surface area contributed by atoms with Crippen molar-refractivity contribution in [3.8, 4) is 5.75 Å². The van der Waals surface area contributed by atoms with Gasteiger partial charge in [-0.15, -0.1) is 0 Å². The number of aromatic nitrogens is 1. The van der Waals surface area contributed by atoms with Gasteiger partial charge in [0.15, 0.2) is 8.24 Å². The Balaban J connectivity index is 2.72. The molecule has 4 heteroatoms. The van der Waals surface area contributed by atoms with Crippen molar-refractivity contribution >= 4 is 41.7 Å². The quantitative estimate of drug-likeness (QED) is 0.594. The highest BCUT2D eigenvalue weighted by atomic mass is 127. The molecule has 0 aliphatic heterocycles. The summed E-state index contributed by atoms with van der Waals surface area (Å²) in [6.07, 6.45) is 2.26. The third-order valence-corrected chi connectivity index (χ3v) is 5.36. The first-order chi connectivity index (χ1) is 7.43. The van der Waals surface area contributed by atoms with Gasteiger partial charge in [-0.2, -0.15) is 0 Å². The van der Waals surface area contributed by atoms with E-state index in [1.54, 1.807) is 7.11 Å². The van der Waals surface area contributed by atoms with E-state index < -0.39 is 8.24 Å². The van der Waals surface area contributed by atoms with Gasteiger partial charge in [0, 0.05) is 20.7 Å². The number of methoxy groups -OCH3 is 1. The van der Waals surface area contributed by atoms with Gasteiger partial charge in [-0.25, -0.2) is 0 Å². The third-order valence-electron chi connectivity index (χ3n) is 2.69. The fraction of sp³-hybridized carbons (Fsp3) is 0.333. The second kappa shape index (κ2) is 4.07. The molecule has 2 aromatic rings. The molecule has 0 saturated heterocycles. The molecule has 2 nitrogen and oxygen atoms in total. The highest BCUT2D eigenvalue weighted by Crippen LogP contribution is 2.29. The molecule has 1 aromatic carbocycles. The number of hydrogen-bond donors (Lipinski definition) is 0. The van der Waals surface area contributed by atoms with Gasteiger partial charge < -0.3 is 8.97 Å². The Labute approximate surface area is 111 Å². The number of hydrogen-bond acceptors (Lipinski definition) is 1. The Morgan fingerprint density at radius 2 is 1.94 bits per heavy atom. The molecule has 1 heterocycles. The summed E-state index contributed by atoms with van der Waals surface area (Å²) < 4.78 is 9.02. The normalized spacial score (nSPS) is 12.1. The molecular formula is C12H16INOSi. The smallest absolute Gasteiger partial charge is 0.152 e. The lowest BCUT2D eigenvalue weighted by Gasteiger charge is -2.20. The van der Waals surface area contributed by atoms with Gasteiger partial charge in [-0.3, -0.25) is 0 Å². The maximum atomic E-state index is 5.27. The summed E-state index contributed by atoms with van der Waals surface area (Å²) in [6, 6.07) is 6.32. The van der Waals surface area contributed by atoms with Crippen molar-refractivity contribution in [1.82, 2.24) is 4.23 Å². The first kappa shape index (κ1) is 12.0. The first-order valence-electron chi connectivity index (χ1n) is 5.28. The maximum Gasteiger partial charge on any atom is 0.152 e. The van der Waals surface area contributed by atoms with Crippen molar-refractivity contribution in [2.75, 3.05) is 7.11 Å². The van der Waals surface area contributed by atoms with Crippen LogP contribution in [0.4, 0.5) is 0 Å². The van der Waals surface area contributed by atoms with Gasteiger partial charge >= 0.3 is 0 Å². The van der Waals surface area contributed by atoms with Gasteiger partial charge in [0.25, 0.3) is 0 Å². The second-order valence-corrected chi connectivity index (χ2v) is 10.9. The predicted molar refractivity (Wildman–Crippen MR) is 80.0 cm³/mol. The molecule has 0 bridgehead atoms. The van der Waals surface area contributed by atoms with Crippen LogP contribution in [0.25, 0.3) is 10.9 Å². The molecule has 0 atom stereocenters. The largest absolute Gasteiger partial charge is 0.497 e. The zero-order valence-electron chi connectivity index (χ0n) is 10.0. The molecule has 0 spiro atoms. The number of halogens is 1. The van der Waals surface area contributed by atoms with Crippen molar-refractivity contribution < 1.29 is 4.74 Å². The molecule has 0 N–H and O–H groups in total. The minimum atomic E-state index is -1.33. The summed E-state index contributed by atoms with van der Waals surface area (Å²) in [6.45, 7) is 7.06. The van der Waals surface area contributed by atoms with E-state index in [0.29, 0.717) is 0 Å². The average Bonchev–Trinajstić information content (AvgIpc) is 2.55. The van der Waals surface area contributed by atoms with E-state index in [2.05, 4.69) is 64.8 Å². The van der Waals surface area contributed by atoms with E-state index in [4.69, 9.17) is 4.74 Å². The zero-order chi connectivity index (χ0) is 11.9. The summed E-state index contributed by atoms with van der Waals surface area (Å²) >= 11 is 2.40. The molecule has 0 fully saturated rings. The summed E-state index contributed by atoms with van der Waals surface area (Å²) in [4.78, 5) is 0. The van der Waals surface area contributed by atoms with Gasteiger partial charge in [-0.1, -0.05) is 19.6 Å². The van der Waals surface area contributed by atoms with E-state index >= 15 is 0 Å². The first-order valence-corrected chi connectivity index (χ1v) is 9.81. The minimum absolute atomic E-state index is 0.929. The molecule has 0 aliphatic carbocycles. The van der Waals surface area contributed by atoms with Crippen LogP contribution in [-0.2, 0) is 0 Å². The zero-order valence-corrected chi connectivity index (χ0v) is 13.2. The number of benzene rings is 1. The van der Waals surface area contributed by atoms with Gasteiger partial charge in [0.1, 0.15) is 5.75 Å². The van der Waals surface area contributed by atoms with Crippen LogP contribution in [0.1, 0.15) is 0 Å². The monoisotopic (exact) mass is 345 g/mol. The van der Waals surface area contributed by atoms with E-state index in [-0.39, 0.29) is 0 Å². The summed E-state index contributed by atoms with van der Waals surface area (Å²) in [7, 11) is 0.378. The van der Waals surface area contributed by atoms with Crippen LogP contribution in [0.2, 0.25) is 19.6 Å². The summed E-state index contributed by atoms with van der Waals surface area (Å²) in [5, 5.41) is 1.29. The fourth-order valence-electron chi connectivity index (χ4n) is 1.85. The standard InChI is InChI=1S/C12H16INOSi/c1-15-9-5-6-12-10(7-9)11(13)8-14(12)16(2,3)4/h5-8H,1-4H3. The van der Waals surface area contributed by atoms with Crippen LogP contribution in [0.3, 0.4) is 0 Å². The molecular weight excluding hydrogens is 329 g/mol. The van der Waals surface area contributed by atoms with Crippen LogP contribution in [0, 0.1) is 3.57 Å². The molecule has 0 unspecified atom stereocenters. The average molecular weight is 345 g/mol. The highest BCUT2D eigenvalue weighted by Gasteiger charge is 2.20. The highest BCUT2D eigenvalue weighted by molar-refractivity contribution is 14.1. The summed E-state index contributed by atoms with van der Waals surface area (Å²) in [5.41, 5.74) is 1.32. The van der Waals surface area contributed by atoms with Crippen molar-refractivity contribution in [3.63, 3.8) is 0 Å². The Kier molecular flexibility index (Phi) is 3.05. The Morgan fingerprint density at radius 1 is 1.25 bits per heavy atom. The van der Waals surface area contributed by atoms with E-state index in [1.807, 2.05) is 6.07 Å². The van der Waals surface area contributed by atoms with Crippen LogP contribution in [-0.4, -0.2) is 19.6 Å². The van der Waals surface area contributed by atoms with Crippen molar-refractivity contribution in [2.24, 2.45) is 0 Å². The van der Waals surface area contributed by atoms with E-state index in [0.717, 1.165) is 5.75 Å². The Bertz CT molecular complexity index is 528. The summed E-state index contributed by atoms with van der Waals surface area (Å²) in [5.74, 6) is 0.929. The molecule has 1 aromatic heterocycles. The van der Waals surface area contributed by atoms with E-state index in [1.165, 1.54) is 14.5 Å². The SMILES string of the molecule is COc1ccc2c(c1)c(I)cn2[Si](C)(C)C. The van der Waals surface area contributed by atoms with E-state index in [9.17, 15) is 0 Å². The molecule has 16 heavy (non-hydrogen) atoms. The number of ether oxygens (including phenoxy) is 1. The molecule has 0 saturated carbocycles. The lowest BCUT2D eigenvalue weighted by atomic mass is 10.2. The van der Waals surface area contributed by atoms with Crippen molar-refractivity contribution in [1.29, 1.82) is 0 Å². The third kappa shape index (κ3) is 2.00. The topological polar surface area (TPSA) is 14.2 Å². The van der Waals surface area contributed by atoms with Crippen molar-refractivity contribution in [3.05, 3.63) is 28.0 Å². The Morgan fingerprint density at radius 3 is 2.50 bits per heavy atom. The Hall–Kier alpha value is -0.493. The van der Waals surface area contributed by atoms with Crippen LogP contribution in [0.15, 0.2) is 24.4 Å². The van der Waals surface area contributed by atoms with Crippen LogP contribution < -0.4 is 4.74 Å². The van der Waals surface area contributed by atoms with Gasteiger partial charge in [0.2, 0.25) is 0 Å². The lowest BCUT2D eigenvalue weighted by Crippen LogP contribution is -2.30. The van der Waals surface area contributed by atoms with Gasteiger partial charge in [0.05, 0.1) is 7.11 Å². The molecule has 0 amide bonds. The second-order valence-electron chi connectivity index (χ2n) is 4.90. The van der Waals surface area contributed by atoms with Crippen LogP contribution >= 0.6 is 22.6 Å². The fourth-order valence-corrected chi connectivity index (χ4v) is 4.26. The number of fused-ring (bicyclic) bond motifs is 1. The minimum Gasteiger partial charge on any atom is -0.497 e. The van der Waals surface area contributed by atoms with Crippen molar-refractivity contribution in [2.45, 2.75) is 19.6 Å². The lowest BCUT2D eigenvalue weighted by molar-refractivity contribution is 0.415. The predicted octanol–water partition coefficient (Wildman–Crippen LogP) is 3.94. The molecule has 86 valence electrons. The molecule has 0 aliphatic rings.